The van der Waals surface area contributed by atoms with E-state index in [4.69, 9.17) is 16.3 Å². The summed E-state index contributed by atoms with van der Waals surface area (Å²) in [4.78, 5) is 12.7. The van der Waals surface area contributed by atoms with Gasteiger partial charge >= 0.3 is 0 Å². The molecular weight excluding hydrogens is 448 g/mol. The Labute approximate surface area is 193 Å². The lowest BCUT2D eigenvalue weighted by Gasteiger charge is -2.17. The molecule has 3 aromatic carbocycles. The summed E-state index contributed by atoms with van der Waals surface area (Å²) in [5, 5.41) is 3.13. The fourth-order valence-corrected chi connectivity index (χ4v) is 4.70. The number of methoxy groups -OCH3 is 1. The Bertz CT molecular complexity index is 1220. The molecule has 0 heterocycles. The van der Waals surface area contributed by atoms with Gasteiger partial charge in [-0.3, -0.25) is 9.52 Å². The van der Waals surface area contributed by atoms with E-state index in [9.17, 15) is 13.2 Å². The van der Waals surface area contributed by atoms with E-state index in [0.29, 0.717) is 34.9 Å². The molecule has 3 rings (SSSR count). The first kappa shape index (κ1) is 23.6. The first-order chi connectivity index (χ1) is 15.3. The van der Waals surface area contributed by atoms with Gasteiger partial charge in [-0.15, -0.1) is 0 Å². The summed E-state index contributed by atoms with van der Waals surface area (Å²) >= 11 is 5.97. The molecular formula is C24H25ClN2O4S. The van der Waals surface area contributed by atoms with Gasteiger partial charge in [0.1, 0.15) is 5.75 Å². The van der Waals surface area contributed by atoms with Crippen LogP contribution in [0.3, 0.4) is 0 Å². The van der Waals surface area contributed by atoms with Crippen molar-refractivity contribution >= 4 is 38.9 Å². The van der Waals surface area contributed by atoms with Crippen molar-refractivity contribution in [3.63, 3.8) is 0 Å². The molecule has 0 spiro atoms. The van der Waals surface area contributed by atoms with Crippen LogP contribution < -0.4 is 14.8 Å². The molecule has 0 aliphatic rings. The highest BCUT2D eigenvalue weighted by atomic mass is 35.5. The minimum Gasteiger partial charge on any atom is -0.495 e. The number of sulfonamides is 1. The lowest BCUT2D eigenvalue weighted by Crippen LogP contribution is -2.17. The normalized spacial score (nSPS) is 11.1. The van der Waals surface area contributed by atoms with E-state index >= 15 is 0 Å². The van der Waals surface area contributed by atoms with Crippen LogP contribution >= 0.6 is 11.6 Å². The summed E-state index contributed by atoms with van der Waals surface area (Å²) in [7, 11) is -2.46. The van der Waals surface area contributed by atoms with Crippen LogP contribution in [0.4, 0.5) is 11.4 Å². The molecule has 0 aliphatic carbocycles. The van der Waals surface area contributed by atoms with Gasteiger partial charge in [0.25, 0.3) is 15.9 Å². The predicted octanol–water partition coefficient (Wildman–Crippen LogP) is 5.53. The van der Waals surface area contributed by atoms with Crippen LogP contribution in [0, 0.1) is 0 Å². The quantitative estimate of drug-likeness (QED) is 0.451. The standard InChI is InChI=1S/C24H25ClN2O4S/c1-4-16-8-6-9-17(5-2)23(16)27-32(29,30)20-12-13-22(31-3)21(15-20)26-24(28)18-10-7-11-19(25)14-18/h6-15,27H,4-5H2,1-3H3,(H,26,28). The summed E-state index contributed by atoms with van der Waals surface area (Å²) in [6.07, 6.45) is 1.38. The van der Waals surface area contributed by atoms with Gasteiger partial charge in [-0.25, -0.2) is 8.42 Å². The molecule has 0 aliphatic heterocycles. The first-order valence-corrected chi connectivity index (χ1v) is 12.0. The van der Waals surface area contributed by atoms with Crippen molar-refractivity contribution in [3.8, 4) is 5.75 Å². The van der Waals surface area contributed by atoms with Crippen LogP contribution in [0.25, 0.3) is 0 Å². The van der Waals surface area contributed by atoms with Gasteiger partial charge in [-0.1, -0.05) is 49.7 Å². The van der Waals surface area contributed by atoms with Gasteiger partial charge in [-0.05, 0) is 60.4 Å². The fraction of sp³-hybridized carbons (Fsp3) is 0.208. The Morgan fingerprint density at radius 1 is 0.969 bits per heavy atom. The van der Waals surface area contributed by atoms with Crippen LogP contribution in [0.5, 0.6) is 5.75 Å². The number of ether oxygens (including phenoxy) is 1. The molecule has 1 amide bonds. The molecule has 32 heavy (non-hydrogen) atoms. The highest BCUT2D eigenvalue weighted by Gasteiger charge is 2.20. The zero-order valence-electron chi connectivity index (χ0n) is 18.1. The van der Waals surface area contributed by atoms with Crippen molar-refractivity contribution in [2.75, 3.05) is 17.1 Å². The summed E-state index contributed by atoms with van der Waals surface area (Å²) in [6, 6.07) is 16.5. The molecule has 0 saturated carbocycles. The van der Waals surface area contributed by atoms with E-state index < -0.39 is 15.9 Å². The van der Waals surface area contributed by atoms with Crippen molar-refractivity contribution in [3.05, 3.63) is 82.4 Å². The maximum Gasteiger partial charge on any atom is 0.261 e. The average molecular weight is 473 g/mol. The molecule has 8 heteroatoms. The Morgan fingerprint density at radius 2 is 1.62 bits per heavy atom. The summed E-state index contributed by atoms with van der Waals surface area (Å²) in [5.74, 6) is -0.0968. The number of benzene rings is 3. The SMILES string of the molecule is CCc1cccc(CC)c1NS(=O)(=O)c1ccc(OC)c(NC(=O)c2cccc(Cl)c2)c1. The van der Waals surface area contributed by atoms with Gasteiger partial charge in [0.05, 0.1) is 23.4 Å². The second-order valence-electron chi connectivity index (χ2n) is 7.09. The number of hydrogen-bond acceptors (Lipinski definition) is 4. The largest absolute Gasteiger partial charge is 0.495 e. The molecule has 0 radical (unpaired) electrons. The zero-order valence-corrected chi connectivity index (χ0v) is 19.7. The molecule has 3 aromatic rings. The number of amides is 1. The Hall–Kier alpha value is -3.03. The number of para-hydroxylation sites is 1. The number of carbonyl (C=O) groups excluding carboxylic acids is 1. The maximum atomic E-state index is 13.2. The Balaban J connectivity index is 1.96. The van der Waals surface area contributed by atoms with Crippen LogP contribution in [-0.2, 0) is 22.9 Å². The highest BCUT2D eigenvalue weighted by molar-refractivity contribution is 7.92. The Morgan fingerprint density at radius 3 is 2.22 bits per heavy atom. The molecule has 0 fully saturated rings. The van der Waals surface area contributed by atoms with Crippen molar-refractivity contribution in [2.45, 2.75) is 31.6 Å². The molecule has 168 valence electrons. The first-order valence-electron chi connectivity index (χ1n) is 10.2. The van der Waals surface area contributed by atoms with Crippen LogP contribution in [0.2, 0.25) is 5.02 Å². The molecule has 0 saturated heterocycles. The zero-order chi connectivity index (χ0) is 23.3. The molecule has 0 bridgehead atoms. The molecule has 0 atom stereocenters. The third-order valence-electron chi connectivity index (χ3n) is 5.05. The van der Waals surface area contributed by atoms with Crippen LogP contribution in [0.15, 0.2) is 65.6 Å². The van der Waals surface area contributed by atoms with Crippen molar-refractivity contribution in [2.24, 2.45) is 0 Å². The number of anilines is 2. The number of halogens is 1. The van der Waals surface area contributed by atoms with Crippen LogP contribution in [0.1, 0.15) is 35.3 Å². The van der Waals surface area contributed by atoms with Gasteiger partial charge in [0, 0.05) is 10.6 Å². The van der Waals surface area contributed by atoms with E-state index in [1.807, 2.05) is 32.0 Å². The van der Waals surface area contributed by atoms with E-state index in [1.165, 1.54) is 31.4 Å². The topological polar surface area (TPSA) is 84.5 Å². The van der Waals surface area contributed by atoms with Crippen molar-refractivity contribution in [1.82, 2.24) is 0 Å². The highest BCUT2D eigenvalue weighted by Crippen LogP contribution is 2.31. The number of nitrogens with one attached hydrogen (secondary N) is 2. The smallest absolute Gasteiger partial charge is 0.261 e. The van der Waals surface area contributed by atoms with Gasteiger partial charge < -0.3 is 10.1 Å². The van der Waals surface area contributed by atoms with Crippen LogP contribution in [-0.4, -0.2) is 21.4 Å². The van der Waals surface area contributed by atoms with E-state index in [0.717, 1.165) is 11.1 Å². The third-order valence-corrected chi connectivity index (χ3v) is 6.63. The molecule has 2 N–H and O–H groups in total. The third kappa shape index (κ3) is 5.23. The minimum absolute atomic E-state index is 0.00709. The second kappa shape index (κ2) is 10.1. The van der Waals surface area contributed by atoms with Gasteiger partial charge in [0.2, 0.25) is 0 Å². The van der Waals surface area contributed by atoms with E-state index in [-0.39, 0.29) is 10.6 Å². The van der Waals surface area contributed by atoms with Crippen molar-refractivity contribution in [1.29, 1.82) is 0 Å². The Kier molecular flexibility index (Phi) is 7.43. The molecule has 0 unspecified atom stereocenters. The summed E-state index contributed by atoms with van der Waals surface area (Å²) in [5.41, 5.74) is 3.00. The van der Waals surface area contributed by atoms with E-state index in [1.54, 1.807) is 18.2 Å². The van der Waals surface area contributed by atoms with E-state index in [2.05, 4.69) is 10.0 Å². The summed E-state index contributed by atoms with van der Waals surface area (Å²) < 4.78 is 34.5. The number of rotatable bonds is 8. The lowest BCUT2D eigenvalue weighted by atomic mass is 10.0. The number of aryl methyl sites for hydroxylation is 2. The fourth-order valence-electron chi connectivity index (χ4n) is 3.34. The number of carbonyl (C=O) groups is 1. The minimum atomic E-state index is -3.91. The second-order valence-corrected chi connectivity index (χ2v) is 9.21. The monoisotopic (exact) mass is 472 g/mol. The average Bonchev–Trinajstić information content (AvgIpc) is 2.78. The maximum absolute atomic E-state index is 13.2. The number of hydrogen-bond donors (Lipinski definition) is 2. The van der Waals surface area contributed by atoms with Gasteiger partial charge in [0.15, 0.2) is 0 Å². The summed E-state index contributed by atoms with van der Waals surface area (Å²) in [6.45, 7) is 3.95. The van der Waals surface area contributed by atoms with Gasteiger partial charge in [-0.2, -0.15) is 0 Å². The molecule has 0 aromatic heterocycles. The predicted molar refractivity (Wildman–Crippen MR) is 128 cm³/mol. The lowest BCUT2D eigenvalue weighted by molar-refractivity contribution is 0.102. The van der Waals surface area contributed by atoms with Crippen molar-refractivity contribution < 1.29 is 17.9 Å². The molecule has 6 nitrogen and oxygen atoms in total.